The molecular weight excluding hydrogens is 424 g/mol. The van der Waals surface area contributed by atoms with Gasteiger partial charge in [0.05, 0.1) is 0 Å². The molecule has 1 heterocycles. The Bertz CT molecular complexity index is 941. The van der Waals surface area contributed by atoms with Crippen molar-refractivity contribution in [2.75, 3.05) is 22.5 Å². The molecule has 0 spiro atoms. The molecule has 2 aromatic rings. The zero-order chi connectivity index (χ0) is 23.9. The van der Waals surface area contributed by atoms with Crippen molar-refractivity contribution < 1.29 is 4.79 Å². The Labute approximate surface area is 204 Å². The van der Waals surface area contributed by atoms with Gasteiger partial charge in [-0.25, -0.2) is 0 Å². The summed E-state index contributed by atoms with van der Waals surface area (Å²) in [5.74, 6) is 3.99. The van der Waals surface area contributed by atoms with Crippen LogP contribution in [0.15, 0.2) is 24.3 Å². The number of rotatable bonds is 10. The van der Waals surface area contributed by atoms with Crippen LogP contribution in [0.5, 0.6) is 0 Å². The highest BCUT2D eigenvalue weighted by Gasteiger charge is 2.30. The van der Waals surface area contributed by atoms with E-state index in [1.165, 1.54) is 51.4 Å². The molecule has 0 amide bonds. The second-order valence-corrected chi connectivity index (χ2v) is 10.3. The van der Waals surface area contributed by atoms with Crippen molar-refractivity contribution in [1.29, 1.82) is 0 Å². The van der Waals surface area contributed by atoms with Crippen LogP contribution < -0.4 is 16.0 Å². The van der Waals surface area contributed by atoms with Crippen molar-refractivity contribution in [2.24, 2.45) is 17.8 Å². The van der Waals surface area contributed by atoms with Crippen LogP contribution in [0.2, 0.25) is 0 Å². The number of carbonyl (C=O) groups is 1. The summed E-state index contributed by atoms with van der Waals surface area (Å²) in [4.78, 5) is 25.6. The number of hydrogen-bond acceptors (Lipinski definition) is 7. The summed E-state index contributed by atoms with van der Waals surface area (Å²) in [6.45, 7) is 7.68. The van der Waals surface area contributed by atoms with Crippen LogP contribution in [0.1, 0.15) is 88.1 Å². The third kappa shape index (κ3) is 6.67. The number of Topliss-reactive ketones (excluding diaryl/α,β-unsaturated/α-hetero) is 1. The minimum Gasteiger partial charge on any atom is -0.354 e. The van der Waals surface area contributed by atoms with Gasteiger partial charge in [-0.15, -0.1) is 0 Å². The van der Waals surface area contributed by atoms with Crippen LogP contribution in [0.25, 0.3) is 0 Å². The molecule has 0 radical (unpaired) electrons. The lowest BCUT2D eigenvalue weighted by Gasteiger charge is -2.22. The fourth-order valence-electron chi connectivity index (χ4n) is 5.34. The van der Waals surface area contributed by atoms with E-state index in [0.717, 1.165) is 23.6 Å². The number of anilines is 3. The van der Waals surface area contributed by atoms with Gasteiger partial charge in [0.15, 0.2) is 5.78 Å². The quantitative estimate of drug-likeness (QED) is 0.376. The van der Waals surface area contributed by atoms with Gasteiger partial charge in [-0.3, -0.25) is 4.79 Å². The fourth-order valence-corrected chi connectivity index (χ4v) is 5.34. The fraction of sp³-hybridized carbons (Fsp3) is 0.630. The normalized spacial score (nSPS) is 23.0. The summed E-state index contributed by atoms with van der Waals surface area (Å²) in [6.07, 6.45) is 10.2. The highest BCUT2D eigenvalue weighted by molar-refractivity contribution is 5.94. The first kappa shape index (κ1) is 24.4. The molecule has 34 heavy (non-hydrogen) atoms. The van der Waals surface area contributed by atoms with Gasteiger partial charge in [0.2, 0.25) is 17.8 Å². The zero-order valence-corrected chi connectivity index (χ0v) is 20.9. The molecule has 2 aliphatic carbocycles. The largest absolute Gasteiger partial charge is 0.354 e. The van der Waals surface area contributed by atoms with Crippen molar-refractivity contribution >= 4 is 23.6 Å². The van der Waals surface area contributed by atoms with Gasteiger partial charge in [-0.05, 0) is 55.9 Å². The molecule has 2 saturated carbocycles. The summed E-state index contributed by atoms with van der Waals surface area (Å²) in [5.41, 5.74) is 1.80. The van der Waals surface area contributed by atoms with E-state index in [-0.39, 0.29) is 5.78 Å². The summed E-state index contributed by atoms with van der Waals surface area (Å²) < 4.78 is 0. The number of nitrogens with zero attached hydrogens (tertiary/aromatic N) is 3. The first-order valence-corrected chi connectivity index (χ1v) is 13.1. The van der Waals surface area contributed by atoms with Crippen molar-refractivity contribution in [1.82, 2.24) is 15.0 Å². The maximum absolute atomic E-state index is 11.5. The number of aromatic nitrogens is 3. The molecule has 0 bridgehead atoms. The number of nitrogens with one attached hydrogen (secondary N) is 3. The summed E-state index contributed by atoms with van der Waals surface area (Å²) in [5, 5.41) is 10.5. The predicted octanol–water partition coefficient (Wildman–Crippen LogP) is 5.92. The van der Waals surface area contributed by atoms with E-state index < -0.39 is 0 Å². The molecule has 3 N–H and O–H groups in total. The second kappa shape index (κ2) is 11.6. The Hall–Kier alpha value is -2.70. The number of ketones is 1. The number of hydrogen-bond donors (Lipinski definition) is 3. The predicted molar refractivity (Wildman–Crippen MR) is 138 cm³/mol. The summed E-state index contributed by atoms with van der Waals surface area (Å²) >= 11 is 0. The van der Waals surface area contributed by atoms with E-state index in [1.807, 2.05) is 24.3 Å². The minimum atomic E-state index is 0.0767. The van der Waals surface area contributed by atoms with Gasteiger partial charge in [0.25, 0.3) is 0 Å². The van der Waals surface area contributed by atoms with Gasteiger partial charge in [0, 0.05) is 24.7 Å². The van der Waals surface area contributed by atoms with Crippen LogP contribution >= 0.6 is 0 Å². The van der Waals surface area contributed by atoms with Gasteiger partial charge in [-0.2, -0.15) is 15.0 Å². The molecule has 7 nitrogen and oxygen atoms in total. The molecule has 2 aliphatic rings. The van der Waals surface area contributed by atoms with Gasteiger partial charge < -0.3 is 16.0 Å². The smallest absolute Gasteiger partial charge is 0.229 e. The molecule has 1 aromatic heterocycles. The van der Waals surface area contributed by atoms with E-state index in [2.05, 4.69) is 34.8 Å². The molecule has 0 saturated heterocycles. The molecular formula is C27H40N6O. The molecule has 184 valence electrons. The lowest BCUT2D eigenvalue weighted by molar-refractivity contribution is 0.101. The average molecular weight is 465 g/mol. The second-order valence-electron chi connectivity index (χ2n) is 10.3. The lowest BCUT2D eigenvalue weighted by atomic mass is 9.89. The molecule has 1 aromatic carbocycles. The van der Waals surface area contributed by atoms with Crippen molar-refractivity contribution in [3.63, 3.8) is 0 Å². The SMILES string of the molecule is CCC1CC(C)C(Nc2nc(NCc3ccc(C(C)=O)cc3)nc(NCC3CCCCC3)n2)C1. The zero-order valence-electron chi connectivity index (χ0n) is 20.9. The van der Waals surface area contributed by atoms with Gasteiger partial charge in [-0.1, -0.05) is 63.8 Å². The molecule has 3 unspecified atom stereocenters. The minimum absolute atomic E-state index is 0.0767. The van der Waals surface area contributed by atoms with Crippen LogP contribution in [0.3, 0.4) is 0 Å². The average Bonchev–Trinajstić information content (AvgIpc) is 3.21. The maximum Gasteiger partial charge on any atom is 0.229 e. The third-order valence-corrected chi connectivity index (χ3v) is 7.59. The standard InChI is InChI=1S/C27H40N6O/c1-4-20-14-18(2)24(15-20)30-27-32-25(28-16-21-8-6-5-7-9-21)31-26(33-27)29-17-22-10-12-23(13-11-22)19(3)34/h10-13,18,20-21,24H,4-9,14-17H2,1-3H3,(H3,28,29,30,31,32,33). The molecule has 3 atom stereocenters. The van der Waals surface area contributed by atoms with Gasteiger partial charge >= 0.3 is 0 Å². The maximum atomic E-state index is 11.5. The number of benzene rings is 1. The first-order valence-electron chi connectivity index (χ1n) is 13.1. The highest BCUT2D eigenvalue weighted by Crippen LogP contribution is 2.34. The summed E-state index contributed by atoms with van der Waals surface area (Å²) in [7, 11) is 0. The lowest BCUT2D eigenvalue weighted by Crippen LogP contribution is -2.25. The van der Waals surface area contributed by atoms with E-state index in [1.54, 1.807) is 6.92 Å². The number of carbonyl (C=O) groups excluding carboxylic acids is 1. The highest BCUT2D eigenvalue weighted by atomic mass is 16.1. The van der Waals surface area contributed by atoms with Crippen molar-refractivity contribution in [2.45, 2.75) is 84.7 Å². The Morgan fingerprint density at radius 1 is 0.912 bits per heavy atom. The monoisotopic (exact) mass is 464 g/mol. The Morgan fingerprint density at radius 3 is 2.24 bits per heavy atom. The molecule has 4 rings (SSSR count). The molecule has 2 fully saturated rings. The first-order chi connectivity index (χ1) is 16.5. The third-order valence-electron chi connectivity index (χ3n) is 7.59. The van der Waals surface area contributed by atoms with Crippen molar-refractivity contribution in [3.8, 4) is 0 Å². The summed E-state index contributed by atoms with van der Waals surface area (Å²) in [6, 6.07) is 8.06. The van der Waals surface area contributed by atoms with Crippen LogP contribution in [0, 0.1) is 17.8 Å². The van der Waals surface area contributed by atoms with E-state index in [4.69, 9.17) is 9.97 Å². The Kier molecular flexibility index (Phi) is 8.35. The van der Waals surface area contributed by atoms with Crippen LogP contribution in [-0.4, -0.2) is 33.3 Å². The van der Waals surface area contributed by atoms with Crippen LogP contribution in [0.4, 0.5) is 17.8 Å². The van der Waals surface area contributed by atoms with E-state index >= 15 is 0 Å². The van der Waals surface area contributed by atoms with E-state index in [9.17, 15) is 4.79 Å². The molecule has 7 heteroatoms. The van der Waals surface area contributed by atoms with E-state index in [0.29, 0.717) is 42.3 Å². The van der Waals surface area contributed by atoms with Crippen LogP contribution in [-0.2, 0) is 6.54 Å². The topological polar surface area (TPSA) is 91.8 Å². The Morgan fingerprint density at radius 2 is 1.59 bits per heavy atom. The molecule has 0 aliphatic heterocycles. The Balaban J connectivity index is 1.45. The van der Waals surface area contributed by atoms with Crippen molar-refractivity contribution in [3.05, 3.63) is 35.4 Å². The van der Waals surface area contributed by atoms with Gasteiger partial charge in [0.1, 0.15) is 0 Å².